The number of carbonyl (C=O) groups is 2. The lowest BCUT2D eigenvalue weighted by molar-refractivity contribution is -0.928. The molecule has 0 spiro atoms. The van der Waals surface area contributed by atoms with Gasteiger partial charge in [0.2, 0.25) is 5.91 Å². The first-order valence-electron chi connectivity index (χ1n) is 8.47. The van der Waals surface area contributed by atoms with E-state index in [2.05, 4.69) is 10.6 Å². The zero-order valence-electron chi connectivity index (χ0n) is 13.4. The number of carbonyl (C=O) groups excluding carboxylic acids is 2. The standard InChI is InChI=1S/C16H29N3O2/c1-12(2)18-15(20)10-17-16(21)11-19-9-5-7-13-6-3-4-8-14(13)19/h12-14H,3-11H2,1-2H3,(H,17,21)(H,18,20)/p+1/t13-,14+/m1/s1. The van der Waals surface area contributed by atoms with Crippen LogP contribution in [0, 0.1) is 5.92 Å². The Labute approximate surface area is 127 Å². The molecule has 3 N–H and O–H groups in total. The van der Waals surface area contributed by atoms with Crippen LogP contribution >= 0.6 is 0 Å². The molecule has 3 atom stereocenters. The Balaban J connectivity index is 1.75. The number of nitrogens with one attached hydrogen (secondary N) is 3. The second-order valence-electron chi connectivity index (χ2n) is 6.88. The molecular formula is C16H30N3O2+. The van der Waals surface area contributed by atoms with E-state index < -0.39 is 0 Å². The highest BCUT2D eigenvalue weighted by Gasteiger charge is 2.37. The summed E-state index contributed by atoms with van der Waals surface area (Å²) in [5.74, 6) is 0.720. The van der Waals surface area contributed by atoms with Crippen molar-refractivity contribution in [2.75, 3.05) is 19.6 Å². The van der Waals surface area contributed by atoms with E-state index in [1.54, 1.807) is 0 Å². The van der Waals surface area contributed by atoms with Crippen LogP contribution in [0.3, 0.4) is 0 Å². The summed E-state index contributed by atoms with van der Waals surface area (Å²) < 4.78 is 0. The van der Waals surface area contributed by atoms with Gasteiger partial charge in [-0.1, -0.05) is 6.42 Å². The molecule has 0 radical (unpaired) electrons. The van der Waals surface area contributed by atoms with Crippen molar-refractivity contribution in [3.63, 3.8) is 0 Å². The maximum Gasteiger partial charge on any atom is 0.275 e. The molecule has 0 aromatic rings. The third-order valence-electron chi connectivity index (χ3n) is 4.79. The van der Waals surface area contributed by atoms with Gasteiger partial charge in [-0.3, -0.25) is 9.59 Å². The van der Waals surface area contributed by atoms with Gasteiger partial charge < -0.3 is 15.5 Å². The van der Waals surface area contributed by atoms with Crippen LogP contribution in [-0.4, -0.2) is 43.5 Å². The van der Waals surface area contributed by atoms with E-state index in [-0.39, 0.29) is 24.4 Å². The van der Waals surface area contributed by atoms with Gasteiger partial charge in [0, 0.05) is 12.0 Å². The molecule has 2 aliphatic rings. The molecule has 0 aromatic carbocycles. The van der Waals surface area contributed by atoms with Crippen LogP contribution < -0.4 is 15.5 Å². The molecule has 0 aromatic heterocycles. The lowest BCUT2D eigenvalue weighted by Gasteiger charge is -2.40. The lowest BCUT2D eigenvalue weighted by atomic mass is 9.78. The number of rotatable bonds is 5. The quantitative estimate of drug-likeness (QED) is 0.661. The van der Waals surface area contributed by atoms with Crippen molar-refractivity contribution in [1.82, 2.24) is 10.6 Å². The van der Waals surface area contributed by atoms with Gasteiger partial charge in [-0.05, 0) is 46.0 Å². The molecule has 2 rings (SSSR count). The zero-order valence-corrected chi connectivity index (χ0v) is 13.4. The number of piperidine rings is 1. The van der Waals surface area contributed by atoms with Crippen molar-refractivity contribution in [2.24, 2.45) is 5.92 Å². The second kappa shape index (κ2) is 7.78. The van der Waals surface area contributed by atoms with Gasteiger partial charge in [-0.15, -0.1) is 0 Å². The fourth-order valence-corrected chi connectivity index (χ4v) is 3.91. The fourth-order valence-electron chi connectivity index (χ4n) is 3.91. The van der Waals surface area contributed by atoms with Crippen LogP contribution in [0.25, 0.3) is 0 Å². The van der Waals surface area contributed by atoms with Crippen molar-refractivity contribution >= 4 is 11.8 Å². The molecule has 21 heavy (non-hydrogen) atoms. The smallest absolute Gasteiger partial charge is 0.275 e. The van der Waals surface area contributed by atoms with Crippen molar-refractivity contribution in [2.45, 2.75) is 64.5 Å². The Morgan fingerprint density at radius 3 is 2.57 bits per heavy atom. The van der Waals surface area contributed by atoms with Crippen LogP contribution in [0.4, 0.5) is 0 Å². The largest absolute Gasteiger partial charge is 0.352 e. The van der Waals surface area contributed by atoms with Gasteiger partial charge in [-0.2, -0.15) is 0 Å². The van der Waals surface area contributed by atoms with E-state index in [0.717, 1.165) is 12.5 Å². The van der Waals surface area contributed by atoms with E-state index in [0.29, 0.717) is 12.6 Å². The number of likely N-dealkylation sites (tertiary alicyclic amines) is 1. The van der Waals surface area contributed by atoms with Crippen LogP contribution in [0.1, 0.15) is 52.4 Å². The molecule has 1 saturated carbocycles. The molecule has 1 saturated heterocycles. The van der Waals surface area contributed by atoms with E-state index in [4.69, 9.17) is 0 Å². The van der Waals surface area contributed by atoms with Crippen molar-refractivity contribution in [3.8, 4) is 0 Å². The molecule has 2 fully saturated rings. The highest BCUT2D eigenvalue weighted by atomic mass is 16.2. The molecule has 1 heterocycles. The summed E-state index contributed by atoms with van der Waals surface area (Å²) in [6.07, 6.45) is 7.84. The summed E-state index contributed by atoms with van der Waals surface area (Å²) >= 11 is 0. The molecule has 0 bridgehead atoms. The van der Waals surface area contributed by atoms with Crippen LogP contribution in [-0.2, 0) is 9.59 Å². The number of hydrogen-bond acceptors (Lipinski definition) is 2. The molecule has 1 aliphatic heterocycles. The Morgan fingerprint density at radius 1 is 1.10 bits per heavy atom. The summed E-state index contributed by atoms with van der Waals surface area (Å²) in [5, 5.41) is 5.55. The maximum atomic E-state index is 12.1. The average molecular weight is 296 g/mol. The normalized spacial score (nSPS) is 28.8. The van der Waals surface area contributed by atoms with E-state index in [1.807, 2.05) is 13.8 Å². The minimum Gasteiger partial charge on any atom is -0.352 e. The van der Waals surface area contributed by atoms with Gasteiger partial charge in [0.15, 0.2) is 6.54 Å². The van der Waals surface area contributed by atoms with Crippen LogP contribution in [0.15, 0.2) is 0 Å². The van der Waals surface area contributed by atoms with Gasteiger partial charge in [0.1, 0.15) is 0 Å². The van der Waals surface area contributed by atoms with Gasteiger partial charge in [-0.25, -0.2) is 0 Å². The first kappa shape index (κ1) is 16.3. The fraction of sp³-hybridized carbons (Fsp3) is 0.875. The second-order valence-corrected chi connectivity index (χ2v) is 6.88. The summed E-state index contributed by atoms with van der Waals surface area (Å²) in [6, 6.07) is 0.785. The Morgan fingerprint density at radius 2 is 1.81 bits per heavy atom. The zero-order chi connectivity index (χ0) is 15.2. The van der Waals surface area contributed by atoms with Crippen molar-refractivity contribution < 1.29 is 14.5 Å². The highest BCUT2D eigenvalue weighted by molar-refractivity contribution is 5.85. The third-order valence-corrected chi connectivity index (χ3v) is 4.79. The summed E-state index contributed by atoms with van der Waals surface area (Å²) in [4.78, 5) is 25.0. The Kier molecular flexibility index (Phi) is 6.03. The summed E-state index contributed by atoms with van der Waals surface area (Å²) in [6.45, 7) is 5.56. The van der Waals surface area contributed by atoms with E-state index in [9.17, 15) is 9.59 Å². The third kappa shape index (κ3) is 4.99. The topological polar surface area (TPSA) is 62.6 Å². The van der Waals surface area contributed by atoms with Crippen molar-refractivity contribution in [1.29, 1.82) is 0 Å². The molecule has 1 unspecified atom stereocenters. The first-order chi connectivity index (χ1) is 10.1. The van der Waals surface area contributed by atoms with Crippen molar-refractivity contribution in [3.05, 3.63) is 0 Å². The SMILES string of the molecule is CC(C)NC(=O)CNC(=O)C[NH+]1CCC[C@H]2CCCC[C@@H]21. The highest BCUT2D eigenvalue weighted by Crippen LogP contribution is 2.28. The predicted octanol–water partition coefficient (Wildman–Crippen LogP) is -0.135. The lowest BCUT2D eigenvalue weighted by Crippen LogP contribution is -3.18. The molecule has 5 heteroatoms. The molecule has 5 nitrogen and oxygen atoms in total. The minimum atomic E-state index is -0.109. The number of quaternary nitrogens is 1. The maximum absolute atomic E-state index is 12.1. The first-order valence-corrected chi connectivity index (χ1v) is 8.47. The summed E-state index contributed by atoms with van der Waals surface area (Å²) in [7, 11) is 0. The van der Waals surface area contributed by atoms with Gasteiger partial charge >= 0.3 is 0 Å². The Bertz CT molecular complexity index is 369. The predicted molar refractivity (Wildman–Crippen MR) is 82.0 cm³/mol. The Hall–Kier alpha value is -1.10. The van der Waals surface area contributed by atoms with Crippen LogP contribution in [0.5, 0.6) is 0 Å². The van der Waals surface area contributed by atoms with E-state index in [1.165, 1.54) is 43.4 Å². The monoisotopic (exact) mass is 296 g/mol. The minimum absolute atomic E-state index is 0.00938. The molecule has 1 aliphatic carbocycles. The summed E-state index contributed by atoms with van der Waals surface area (Å²) in [5.41, 5.74) is 0. The number of amides is 2. The van der Waals surface area contributed by atoms with Gasteiger partial charge in [0.25, 0.3) is 5.91 Å². The molecule has 2 amide bonds. The van der Waals surface area contributed by atoms with E-state index >= 15 is 0 Å². The number of fused-ring (bicyclic) bond motifs is 1. The molecule has 120 valence electrons. The number of hydrogen-bond donors (Lipinski definition) is 3. The molecular weight excluding hydrogens is 266 g/mol. The van der Waals surface area contributed by atoms with Crippen LogP contribution in [0.2, 0.25) is 0 Å². The average Bonchev–Trinajstić information content (AvgIpc) is 2.45. The van der Waals surface area contributed by atoms with Gasteiger partial charge in [0.05, 0.1) is 19.1 Å².